The second-order valence-electron chi connectivity index (χ2n) is 6.18. The van der Waals surface area contributed by atoms with Crippen LogP contribution in [0.15, 0.2) is 42.5 Å². The Morgan fingerprint density at radius 1 is 1.15 bits per heavy atom. The number of likely N-dealkylation sites (tertiary alicyclic amines) is 1. The molecule has 2 nitrogen and oxygen atoms in total. The number of fused-ring (bicyclic) bond motifs is 1. The fraction of sp³-hybridized carbons (Fsp3) is 0.444. The maximum atomic E-state index is 5.90. The van der Waals surface area contributed by atoms with Crippen LogP contribution in [-0.2, 0) is 6.54 Å². The number of nitrogens with two attached hydrogens (primary N) is 1. The minimum absolute atomic E-state index is 0.657. The van der Waals surface area contributed by atoms with E-state index < -0.39 is 0 Å². The summed E-state index contributed by atoms with van der Waals surface area (Å²) in [7, 11) is 0. The van der Waals surface area contributed by atoms with E-state index in [0.717, 1.165) is 25.6 Å². The maximum Gasteiger partial charge on any atom is 0.0234 e. The molecule has 2 heteroatoms. The maximum absolute atomic E-state index is 5.90. The van der Waals surface area contributed by atoms with Crippen LogP contribution in [0.5, 0.6) is 0 Å². The van der Waals surface area contributed by atoms with Gasteiger partial charge in [0.1, 0.15) is 0 Å². The largest absolute Gasteiger partial charge is 0.330 e. The highest BCUT2D eigenvalue weighted by Gasteiger charge is 2.24. The van der Waals surface area contributed by atoms with Gasteiger partial charge in [-0.05, 0) is 53.7 Å². The van der Waals surface area contributed by atoms with Crippen molar-refractivity contribution in [1.82, 2.24) is 4.90 Å². The van der Waals surface area contributed by atoms with Gasteiger partial charge in [-0.3, -0.25) is 4.90 Å². The molecule has 1 aliphatic rings. The fourth-order valence-corrected chi connectivity index (χ4v) is 3.27. The summed E-state index contributed by atoms with van der Waals surface area (Å²) in [5.41, 5.74) is 7.31. The van der Waals surface area contributed by atoms with Crippen LogP contribution >= 0.6 is 0 Å². The Bertz CT molecular complexity index is 578. The highest BCUT2D eigenvalue weighted by molar-refractivity contribution is 5.82. The lowest BCUT2D eigenvalue weighted by atomic mass is 9.87. The van der Waals surface area contributed by atoms with Crippen molar-refractivity contribution in [3.05, 3.63) is 48.0 Å². The van der Waals surface area contributed by atoms with E-state index in [-0.39, 0.29) is 0 Å². The Hall–Kier alpha value is -1.38. The number of hydrogen-bond acceptors (Lipinski definition) is 2. The Balaban J connectivity index is 1.73. The zero-order valence-corrected chi connectivity index (χ0v) is 12.3. The molecular weight excluding hydrogens is 244 g/mol. The van der Waals surface area contributed by atoms with E-state index in [4.69, 9.17) is 5.73 Å². The number of piperidine rings is 1. The smallest absolute Gasteiger partial charge is 0.0234 e. The monoisotopic (exact) mass is 268 g/mol. The molecule has 2 aromatic carbocycles. The van der Waals surface area contributed by atoms with Crippen molar-refractivity contribution in [2.45, 2.75) is 19.9 Å². The van der Waals surface area contributed by atoms with Gasteiger partial charge in [-0.2, -0.15) is 0 Å². The van der Waals surface area contributed by atoms with E-state index in [1.807, 2.05) is 0 Å². The van der Waals surface area contributed by atoms with Crippen molar-refractivity contribution in [3.63, 3.8) is 0 Å². The SMILES string of the molecule is CC1CCN(Cc2ccc3ccccc3c2)CC1CN. The second-order valence-corrected chi connectivity index (χ2v) is 6.18. The van der Waals surface area contributed by atoms with Crippen molar-refractivity contribution in [3.8, 4) is 0 Å². The first-order chi connectivity index (χ1) is 9.76. The van der Waals surface area contributed by atoms with Crippen LogP contribution in [0.3, 0.4) is 0 Å². The molecule has 20 heavy (non-hydrogen) atoms. The summed E-state index contributed by atoms with van der Waals surface area (Å²) in [5.74, 6) is 1.43. The first kappa shape index (κ1) is 13.6. The molecule has 1 aliphatic heterocycles. The quantitative estimate of drug-likeness (QED) is 0.926. The first-order valence-corrected chi connectivity index (χ1v) is 7.66. The Morgan fingerprint density at radius 2 is 1.95 bits per heavy atom. The summed E-state index contributed by atoms with van der Waals surface area (Å²) in [4.78, 5) is 2.56. The average Bonchev–Trinajstić information content (AvgIpc) is 2.49. The molecule has 2 atom stereocenters. The second kappa shape index (κ2) is 5.94. The van der Waals surface area contributed by atoms with Gasteiger partial charge in [0.15, 0.2) is 0 Å². The molecule has 1 saturated heterocycles. The van der Waals surface area contributed by atoms with E-state index in [1.54, 1.807) is 0 Å². The van der Waals surface area contributed by atoms with Gasteiger partial charge in [0.25, 0.3) is 0 Å². The standard InChI is InChI=1S/C18H24N2/c1-14-8-9-20(13-18(14)11-19)12-15-6-7-16-4-2-3-5-17(16)10-15/h2-7,10,14,18H,8-9,11-13,19H2,1H3. The molecule has 2 unspecified atom stereocenters. The first-order valence-electron chi connectivity index (χ1n) is 7.66. The molecule has 2 N–H and O–H groups in total. The minimum atomic E-state index is 0.657. The number of rotatable bonds is 3. The Morgan fingerprint density at radius 3 is 2.75 bits per heavy atom. The zero-order chi connectivity index (χ0) is 13.9. The molecule has 0 bridgehead atoms. The van der Waals surface area contributed by atoms with Gasteiger partial charge >= 0.3 is 0 Å². The van der Waals surface area contributed by atoms with E-state index in [2.05, 4.69) is 54.3 Å². The fourth-order valence-electron chi connectivity index (χ4n) is 3.27. The molecule has 0 radical (unpaired) electrons. The normalized spacial score (nSPS) is 24.1. The van der Waals surface area contributed by atoms with Gasteiger partial charge in [-0.25, -0.2) is 0 Å². The molecule has 0 aromatic heterocycles. The van der Waals surface area contributed by atoms with Crippen molar-refractivity contribution in [1.29, 1.82) is 0 Å². The van der Waals surface area contributed by atoms with Crippen LogP contribution in [0.4, 0.5) is 0 Å². The lowest BCUT2D eigenvalue weighted by molar-refractivity contribution is 0.126. The van der Waals surface area contributed by atoms with Gasteiger partial charge < -0.3 is 5.73 Å². The van der Waals surface area contributed by atoms with Crippen LogP contribution in [0, 0.1) is 11.8 Å². The summed E-state index contributed by atoms with van der Waals surface area (Å²) < 4.78 is 0. The minimum Gasteiger partial charge on any atom is -0.330 e. The van der Waals surface area contributed by atoms with Crippen molar-refractivity contribution in [2.24, 2.45) is 17.6 Å². The summed E-state index contributed by atoms with van der Waals surface area (Å²) in [6.45, 7) is 6.54. The van der Waals surface area contributed by atoms with Gasteiger partial charge in [0.05, 0.1) is 0 Å². The van der Waals surface area contributed by atoms with E-state index in [9.17, 15) is 0 Å². The molecule has 0 spiro atoms. The van der Waals surface area contributed by atoms with Crippen LogP contribution in [0.2, 0.25) is 0 Å². The highest BCUT2D eigenvalue weighted by Crippen LogP contribution is 2.24. The predicted octanol–water partition coefficient (Wildman–Crippen LogP) is 3.26. The lowest BCUT2D eigenvalue weighted by Crippen LogP contribution is -2.42. The third-order valence-corrected chi connectivity index (χ3v) is 4.72. The molecule has 1 heterocycles. The molecule has 106 valence electrons. The summed E-state index contributed by atoms with van der Waals surface area (Å²) in [6, 6.07) is 15.4. The third kappa shape index (κ3) is 2.87. The van der Waals surface area contributed by atoms with Crippen molar-refractivity contribution >= 4 is 10.8 Å². The molecule has 0 saturated carbocycles. The van der Waals surface area contributed by atoms with E-state index in [1.165, 1.54) is 29.3 Å². The summed E-state index contributed by atoms with van der Waals surface area (Å²) in [6.07, 6.45) is 1.27. The van der Waals surface area contributed by atoms with Crippen molar-refractivity contribution < 1.29 is 0 Å². The van der Waals surface area contributed by atoms with Crippen LogP contribution in [-0.4, -0.2) is 24.5 Å². The summed E-state index contributed by atoms with van der Waals surface area (Å²) in [5, 5.41) is 2.66. The van der Waals surface area contributed by atoms with E-state index in [0.29, 0.717) is 5.92 Å². The van der Waals surface area contributed by atoms with Gasteiger partial charge in [0.2, 0.25) is 0 Å². The van der Waals surface area contributed by atoms with E-state index >= 15 is 0 Å². The number of nitrogens with zero attached hydrogens (tertiary/aromatic N) is 1. The molecule has 0 amide bonds. The van der Waals surface area contributed by atoms with Gasteiger partial charge in [-0.1, -0.05) is 43.3 Å². The molecular formula is C18H24N2. The molecule has 0 aliphatic carbocycles. The lowest BCUT2D eigenvalue weighted by Gasteiger charge is -2.36. The zero-order valence-electron chi connectivity index (χ0n) is 12.3. The Labute approximate surface area is 121 Å². The number of benzene rings is 2. The van der Waals surface area contributed by atoms with Crippen LogP contribution in [0.25, 0.3) is 10.8 Å². The van der Waals surface area contributed by atoms with Crippen LogP contribution < -0.4 is 5.73 Å². The molecule has 3 rings (SSSR count). The van der Waals surface area contributed by atoms with Gasteiger partial charge in [0, 0.05) is 13.1 Å². The topological polar surface area (TPSA) is 29.3 Å². The van der Waals surface area contributed by atoms with Crippen molar-refractivity contribution in [2.75, 3.05) is 19.6 Å². The van der Waals surface area contributed by atoms with Gasteiger partial charge in [-0.15, -0.1) is 0 Å². The Kier molecular flexibility index (Phi) is 4.04. The summed E-state index contributed by atoms with van der Waals surface area (Å²) >= 11 is 0. The predicted molar refractivity (Wildman–Crippen MR) is 85.6 cm³/mol. The van der Waals surface area contributed by atoms with Crippen LogP contribution in [0.1, 0.15) is 18.9 Å². The highest BCUT2D eigenvalue weighted by atomic mass is 15.1. The molecule has 1 fully saturated rings. The number of hydrogen-bond donors (Lipinski definition) is 1. The third-order valence-electron chi connectivity index (χ3n) is 4.72. The molecule has 2 aromatic rings. The average molecular weight is 268 g/mol.